The van der Waals surface area contributed by atoms with Gasteiger partial charge in [0.1, 0.15) is 22.9 Å². The van der Waals surface area contributed by atoms with Crippen molar-refractivity contribution in [2.45, 2.75) is 6.42 Å². The van der Waals surface area contributed by atoms with Gasteiger partial charge >= 0.3 is 0 Å². The number of pyridine rings is 1. The Hall–Kier alpha value is -2.71. The predicted molar refractivity (Wildman–Crippen MR) is 82.4 cm³/mol. The molecule has 0 fully saturated rings. The number of benzene rings is 1. The van der Waals surface area contributed by atoms with Gasteiger partial charge in [-0.2, -0.15) is 22.5 Å². The normalized spacial score (nSPS) is 10.5. The van der Waals surface area contributed by atoms with Gasteiger partial charge in [-0.25, -0.2) is 0 Å². The summed E-state index contributed by atoms with van der Waals surface area (Å²) in [7, 11) is 4.36. The second-order valence-corrected chi connectivity index (χ2v) is 4.88. The van der Waals surface area contributed by atoms with E-state index in [1.807, 2.05) is 0 Å². The van der Waals surface area contributed by atoms with E-state index >= 15 is 0 Å². The van der Waals surface area contributed by atoms with Crippen molar-refractivity contribution in [3.05, 3.63) is 41.2 Å². The van der Waals surface area contributed by atoms with Crippen molar-refractivity contribution < 1.29 is 31.8 Å². The molecule has 1 aromatic carbocycles. The van der Waals surface area contributed by atoms with E-state index in [1.165, 1.54) is 21.3 Å². The molecule has 0 radical (unpaired) electrons. The van der Waals surface area contributed by atoms with Crippen LogP contribution in [0.2, 0.25) is 0 Å². The Morgan fingerprint density at radius 1 is 0.880 bits per heavy atom. The molecule has 25 heavy (non-hydrogen) atoms. The number of hydrogen-bond acceptors (Lipinski definition) is 5. The maximum Gasteiger partial charge on any atom is 0.253 e. The van der Waals surface area contributed by atoms with Crippen LogP contribution in [0.25, 0.3) is 0 Å². The fourth-order valence-electron chi connectivity index (χ4n) is 2.28. The summed E-state index contributed by atoms with van der Waals surface area (Å²) >= 11 is 0. The topological polar surface area (TPSA) is 52.6 Å². The molecule has 9 heteroatoms. The summed E-state index contributed by atoms with van der Waals surface area (Å²) in [6.45, 7) is -0.0459. The summed E-state index contributed by atoms with van der Waals surface area (Å²) in [5.74, 6) is -5.25. The van der Waals surface area contributed by atoms with Gasteiger partial charge in [0.25, 0.3) is 11.9 Å². The largest absolute Gasteiger partial charge is 0.496 e. The van der Waals surface area contributed by atoms with Crippen LogP contribution in [0.3, 0.4) is 0 Å². The Morgan fingerprint density at radius 2 is 1.40 bits per heavy atom. The molecule has 1 N–H and O–H groups in total. The highest BCUT2D eigenvalue weighted by Gasteiger charge is 2.21. The number of nitrogens with one attached hydrogen (secondary N) is 1. The average Bonchev–Trinajstić information content (AvgIpc) is 2.62. The maximum absolute atomic E-state index is 13.6. The van der Waals surface area contributed by atoms with Crippen LogP contribution in [0.15, 0.2) is 12.1 Å². The first-order valence-electron chi connectivity index (χ1n) is 7.15. The Kier molecular flexibility index (Phi) is 5.89. The first-order chi connectivity index (χ1) is 11.9. The minimum Gasteiger partial charge on any atom is -0.496 e. The molecule has 0 atom stereocenters. The fraction of sp³-hybridized carbons (Fsp3) is 0.312. The second-order valence-electron chi connectivity index (χ2n) is 4.88. The first kappa shape index (κ1) is 18.6. The lowest BCUT2D eigenvalue weighted by Crippen LogP contribution is -2.13. The van der Waals surface area contributed by atoms with Gasteiger partial charge in [-0.05, 0) is 6.42 Å². The van der Waals surface area contributed by atoms with Crippen LogP contribution in [0.1, 0.15) is 5.56 Å². The minimum atomic E-state index is -1.72. The number of halogens is 4. The van der Waals surface area contributed by atoms with Gasteiger partial charge in [-0.15, -0.1) is 0 Å². The van der Waals surface area contributed by atoms with Gasteiger partial charge in [-0.1, -0.05) is 0 Å². The van der Waals surface area contributed by atoms with E-state index in [9.17, 15) is 17.6 Å². The zero-order valence-electron chi connectivity index (χ0n) is 13.8. The number of ether oxygens (including phenoxy) is 3. The van der Waals surface area contributed by atoms with Crippen LogP contribution in [0, 0.1) is 23.5 Å². The van der Waals surface area contributed by atoms with Gasteiger partial charge in [0.2, 0.25) is 11.6 Å². The third-order valence-electron chi connectivity index (χ3n) is 3.49. The van der Waals surface area contributed by atoms with Crippen molar-refractivity contribution in [3.63, 3.8) is 0 Å². The minimum absolute atomic E-state index is 0.0459. The van der Waals surface area contributed by atoms with E-state index in [2.05, 4.69) is 10.3 Å². The fourth-order valence-corrected chi connectivity index (χ4v) is 2.28. The third kappa shape index (κ3) is 3.86. The Balaban J connectivity index is 2.23. The van der Waals surface area contributed by atoms with Crippen LogP contribution >= 0.6 is 0 Å². The van der Waals surface area contributed by atoms with Gasteiger partial charge in [0.05, 0.1) is 21.3 Å². The first-order valence-corrected chi connectivity index (χ1v) is 7.15. The number of hydrogen-bond donors (Lipinski definition) is 1. The van der Waals surface area contributed by atoms with Gasteiger partial charge in [0, 0.05) is 24.2 Å². The molecule has 2 aromatic rings. The molecular formula is C16H16F4N2O3. The molecule has 0 aliphatic heterocycles. The summed E-state index contributed by atoms with van der Waals surface area (Å²) in [6.07, 6.45) is 0.195. The van der Waals surface area contributed by atoms with Crippen LogP contribution < -0.4 is 19.5 Å². The second kappa shape index (κ2) is 7.91. The van der Waals surface area contributed by atoms with E-state index in [1.54, 1.807) is 12.1 Å². The molecule has 0 aliphatic rings. The summed E-state index contributed by atoms with van der Waals surface area (Å²) in [6, 6.07) is 3.23. The van der Waals surface area contributed by atoms with Crippen LogP contribution in [0.4, 0.5) is 23.2 Å². The molecule has 0 spiro atoms. The van der Waals surface area contributed by atoms with E-state index in [-0.39, 0.29) is 13.0 Å². The molecule has 136 valence electrons. The lowest BCUT2D eigenvalue weighted by molar-refractivity contribution is 0.369. The van der Waals surface area contributed by atoms with Crippen molar-refractivity contribution in [1.29, 1.82) is 0 Å². The van der Waals surface area contributed by atoms with Crippen molar-refractivity contribution >= 4 is 5.69 Å². The average molecular weight is 360 g/mol. The maximum atomic E-state index is 13.6. The van der Waals surface area contributed by atoms with Crippen molar-refractivity contribution in [3.8, 4) is 17.2 Å². The molecule has 0 saturated carbocycles. The van der Waals surface area contributed by atoms with Crippen LogP contribution in [0.5, 0.6) is 17.2 Å². The molecule has 1 heterocycles. The smallest absolute Gasteiger partial charge is 0.253 e. The zero-order chi connectivity index (χ0) is 18.6. The highest BCUT2D eigenvalue weighted by molar-refractivity contribution is 5.52. The van der Waals surface area contributed by atoms with Gasteiger partial charge in [0.15, 0.2) is 0 Å². The quantitative estimate of drug-likeness (QED) is 0.606. The number of aromatic nitrogens is 1. The van der Waals surface area contributed by atoms with E-state index in [4.69, 9.17) is 14.2 Å². The van der Waals surface area contributed by atoms with E-state index < -0.39 is 29.2 Å². The highest BCUT2D eigenvalue weighted by Crippen LogP contribution is 2.34. The molecule has 1 aromatic heterocycles. The molecular weight excluding hydrogens is 344 g/mol. The van der Waals surface area contributed by atoms with Gasteiger partial charge in [-0.3, -0.25) is 0 Å². The molecule has 2 rings (SSSR count). The monoisotopic (exact) mass is 360 g/mol. The Morgan fingerprint density at radius 3 is 1.84 bits per heavy atom. The lowest BCUT2D eigenvalue weighted by Gasteiger charge is -2.16. The Bertz CT molecular complexity index is 720. The van der Waals surface area contributed by atoms with E-state index in [0.29, 0.717) is 22.8 Å². The van der Waals surface area contributed by atoms with Crippen LogP contribution in [-0.4, -0.2) is 32.9 Å². The lowest BCUT2D eigenvalue weighted by atomic mass is 10.1. The summed E-state index contributed by atoms with van der Waals surface area (Å²) in [5, 5.41) is 2.33. The van der Waals surface area contributed by atoms with Crippen LogP contribution in [-0.2, 0) is 6.42 Å². The standard InChI is InChI=1S/C16H16F4N2O3/c1-23-8-6-10(24-2)9(11(7-8)25-3)4-5-21-14-12(17)15(19)22-16(20)13(14)18/h6-7H,4-5H2,1-3H3,(H,21,22). The van der Waals surface area contributed by atoms with Gasteiger partial charge < -0.3 is 19.5 Å². The Labute approximate surface area is 141 Å². The van der Waals surface area contributed by atoms with Crippen molar-refractivity contribution in [2.75, 3.05) is 33.2 Å². The molecule has 0 unspecified atom stereocenters. The molecule has 0 saturated heterocycles. The molecule has 0 amide bonds. The molecule has 0 bridgehead atoms. The molecule has 5 nitrogen and oxygen atoms in total. The number of nitrogens with zero attached hydrogens (tertiary/aromatic N) is 1. The zero-order valence-corrected chi connectivity index (χ0v) is 13.8. The summed E-state index contributed by atoms with van der Waals surface area (Å²) in [4.78, 5) is 2.50. The highest BCUT2D eigenvalue weighted by atomic mass is 19.2. The van der Waals surface area contributed by atoms with Crippen molar-refractivity contribution in [2.24, 2.45) is 0 Å². The number of anilines is 1. The summed E-state index contributed by atoms with van der Waals surface area (Å²) in [5.41, 5.74) is -0.328. The number of rotatable bonds is 7. The van der Waals surface area contributed by atoms with E-state index in [0.717, 1.165) is 0 Å². The SMILES string of the molecule is COc1cc(OC)c(CCNc2c(F)c(F)nc(F)c2F)c(OC)c1. The number of methoxy groups -OCH3 is 3. The third-order valence-corrected chi connectivity index (χ3v) is 3.49. The van der Waals surface area contributed by atoms with Crippen molar-refractivity contribution in [1.82, 2.24) is 4.98 Å². The molecule has 0 aliphatic carbocycles. The predicted octanol–water partition coefficient (Wildman–Crippen LogP) is 3.32. The summed E-state index contributed by atoms with van der Waals surface area (Å²) < 4.78 is 69.0.